The molecule has 0 atom stereocenters. The van der Waals surface area contributed by atoms with Crippen molar-refractivity contribution in [2.75, 3.05) is 0 Å². The minimum absolute atomic E-state index is 0.716. The highest BCUT2D eigenvalue weighted by atomic mass is 16.1. The van der Waals surface area contributed by atoms with Crippen molar-refractivity contribution in [3.8, 4) is 11.1 Å². The van der Waals surface area contributed by atoms with Crippen molar-refractivity contribution in [1.82, 2.24) is 0 Å². The average Bonchev–Trinajstić information content (AvgIpc) is 2.29. The number of carbonyl (C=O) groups is 1. The molecule has 0 aliphatic carbocycles. The van der Waals surface area contributed by atoms with Gasteiger partial charge in [-0.1, -0.05) is 48.0 Å². The van der Waals surface area contributed by atoms with Crippen LogP contribution in [0.3, 0.4) is 0 Å². The maximum atomic E-state index is 10.6. The summed E-state index contributed by atoms with van der Waals surface area (Å²) in [6.07, 6.45) is 0.867. The molecule has 0 saturated carbocycles. The second-order valence-corrected chi connectivity index (χ2v) is 4.06. The zero-order valence-corrected chi connectivity index (χ0v) is 9.53. The van der Waals surface area contributed by atoms with Gasteiger partial charge in [0.05, 0.1) is 0 Å². The fourth-order valence-electron chi connectivity index (χ4n) is 1.88. The molecule has 0 heterocycles. The summed E-state index contributed by atoms with van der Waals surface area (Å²) in [6, 6.07) is 14.1. The Morgan fingerprint density at radius 2 is 1.62 bits per heavy atom. The molecule has 0 N–H and O–H groups in total. The Kier molecular flexibility index (Phi) is 2.86. The van der Waals surface area contributed by atoms with Crippen LogP contribution >= 0.6 is 0 Å². The molecule has 0 bridgehead atoms. The Morgan fingerprint density at radius 1 is 0.938 bits per heavy atom. The zero-order valence-electron chi connectivity index (χ0n) is 9.53. The lowest BCUT2D eigenvalue weighted by Gasteiger charge is -2.07. The lowest BCUT2D eigenvalue weighted by atomic mass is 9.98. The van der Waals surface area contributed by atoms with Crippen molar-refractivity contribution in [3.05, 3.63) is 59.2 Å². The standard InChI is InChI=1S/C15H14O/c1-11-3-8-15(12(2)9-11)14-6-4-13(10-16)5-7-14/h3-10H,1-2H3. The van der Waals surface area contributed by atoms with Crippen LogP contribution in [0.25, 0.3) is 11.1 Å². The molecule has 1 nitrogen and oxygen atoms in total. The van der Waals surface area contributed by atoms with E-state index in [9.17, 15) is 4.79 Å². The van der Waals surface area contributed by atoms with E-state index in [1.54, 1.807) is 0 Å². The Morgan fingerprint density at radius 3 is 2.19 bits per heavy atom. The van der Waals surface area contributed by atoms with Gasteiger partial charge in [0, 0.05) is 5.56 Å². The highest BCUT2D eigenvalue weighted by molar-refractivity contribution is 5.77. The first kappa shape index (κ1) is 10.6. The van der Waals surface area contributed by atoms with Crippen LogP contribution < -0.4 is 0 Å². The van der Waals surface area contributed by atoms with E-state index >= 15 is 0 Å². The maximum absolute atomic E-state index is 10.6. The summed E-state index contributed by atoms with van der Waals surface area (Å²) in [7, 11) is 0. The summed E-state index contributed by atoms with van der Waals surface area (Å²) in [5.74, 6) is 0. The molecule has 16 heavy (non-hydrogen) atoms. The third kappa shape index (κ3) is 2.03. The third-order valence-electron chi connectivity index (χ3n) is 2.74. The van der Waals surface area contributed by atoms with Gasteiger partial charge < -0.3 is 0 Å². The number of hydrogen-bond acceptors (Lipinski definition) is 1. The molecule has 1 heteroatoms. The highest BCUT2D eigenvalue weighted by Crippen LogP contribution is 2.24. The van der Waals surface area contributed by atoms with Crippen molar-refractivity contribution >= 4 is 6.29 Å². The molecule has 0 amide bonds. The molecule has 0 aliphatic rings. The topological polar surface area (TPSA) is 17.1 Å². The van der Waals surface area contributed by atoms with Gasteiger partial charge in [-0.2, -0.15) is 0 Å². The van der Waals surface area contributed by atoms with Crippen molar-refractivity contribution in [3.63, 3.8) is 0 Å². The molecule has 0 aliphatic heterocycles. The Balaban J connectivity index is 2.46. The smallest absolute Gasteiger partial charge is 0.150 e. The van der Waals surface area contributed by atoms with E-state index in [-0.39, 0.29) is 0 Å². The average molecular weight is 210 g/mol. The molecule has 0 fully saturated rings. The monoisotopic (exact) mass is 210 g/mol. The lowest BCUT2D eigenvalue weighted by Crippen LogP contribution is -1.85. The molecule has 2 aromatic rings. The first-order valence-corrected chi connectivity index (χ1v) is 5.33. The maximum Gasteiger partial charge on any atom is 0.150 e. The van der Waals surface area contributed by atoms with Gasteiger partial charge in [0.15, 0.2) is 0 Å². The summed E-state index contributed by atoms with van der Waals surface area (Å²) in [4.78, 5) is 10.6. The highest BCUT2D eigenvalue weighted by Gasteiger charge is 2.01. The van der Waals surface area contributed by atoms with E-state index in [1.165, 1.54) is 16.7 Å². The number of carbonyl (C=O) groups excluding carboxylic acids is 1. The first-order valence-electron chi connectivity index (χ1n) is 5.33. The molecule has 0 saturated heterocycles. The van der Waals surface area contributed by atoms with Crippen LogP contribution in [-0.2, 0) is 0 Å². The summed E-state index contributed by atoms with van der Waals surface area (Å²) in [5, 5.41) is 0. The zero-order chi connectivity index (χ0) is 11.5. The predicted octanol–water partition coefficient (Wildman–Crippen LogP) is 3.78. The van der Waals surface area contributed by atoms with Gasteiger partial charge in [0.2, 0.25) is 0 Å². The SMILES string of the molecule is Cc1ccc(-c2ccc(C=O)cc2)c(C)c1. The third-order valence-corrected chi connectivity index (χ3v) is 2.74. The fourth-order valence-corrected chi connectivity index (χ4v) is 1.88. The molecular weight excluding hydrogens is 196 g/mol. The summed E-state index contributed by atoms with van der Waals surface area (Å²) < 4.78 is 0. The van der Waals surface area contributed by atoms with Crippen molar-refractivity contribution < 1.29 is 4.79 Å². The van der Waals surface area contributed by atoms with E-state index in [0.29, 0.717) is 5.56 Å². The van der Waals surface area contributed by atoms with E-state index in [2.05, 4.69) is 32.0 Å². The second kappa shape index (κ2) is 4.31. The number of aldehydes is 1. The molecule has 80 valence electrons. The largest absolute Gasteiger partial charge is 0.298 e. The van der Waals surface area contributed by atoms with E-state index in [1.807, 2.05) is 24.3 Å². The van der Waals surface area contributed by atoms with Crippen molar-refractivity contribution in [1.29, 1.82) is 0 Å². The molecule has 0 unspecified atom stereocenters. The van der Waals surface area contributed by atoms with Gasteiger partial charge in [0.1, 0.15) is 6.29 Å². The van der Waals surface area contributed by atoms with Crippen LogP contribution in [0.1, 0.15) is 21.5 Å². The minimum Gasteiger partial charge on any atom is -0.298 e. The lowest BCUT2D eigenvalue weighted by molar-refractivity contribution is 0.112. The van der Waals surface area contributed by atoms with Crippen molar-refractivity contribution in [2.45, 2.75) is 13.8 Å². The number of hydrogen-bond donors (Lipinski definition) is 0. The molecular formula is C15H14O. The molecule has 2 aromatic carbocycles. The van der Waals surface area contributed by atoms with Crippen LogP contribution in [0.5, 0.6) is 0 Å². The minimum atomic E-state index is 0.716. The van der Waals surface area contributed by atoms with Crippen LogP contribution in [0.2, 0.25) is 0 Å². The second-order valence-electron chi connectivity index (χ2n) is 4.06. The molecule has 0 spiro atoms. The number of rotatable bonds is 2. The van der Waals surface area contributed by atoms with Gasteiger partial charge in [0.25, 0.3) is 0 Å². The summed E-state index contributed by atoms with van der Waals surface area (Å²) in [5.41, 5.74) is 5.63. The van der Waals surface area contributed by atoms with Crippen LogP contribution in [0.15, 0.2) is 42.5 Å². The van der Waals surface area contributed by atoms with E-state index in [0.717, 1.165) is 11.8 Å². The Labute approximate surface area is 95.7 Å². The van der Waals surface area contributed by atoms with Gasteiger partial charge in [-0.25, -0.2) is 0 Å². The predicted molar refractivity (Wildman–Crippen MR) is 66.7 cm³/mol. The fraction of sp³-hybridized carbons (Fsp3) is 0.133. The van der Waals surface area contributed by atoms with E-state index < -0.39 is 0 Å². The van der Waals surface area contributed by atoms with Crippen LogP contribution in [-0.4, -0.2) is 6.29 Å². The van der Waals surface area contributed by atoms with Crippen molar-refractivity contribution in [2.24, 2.45) is 0 Å². The Hall–Kier alpha value is -1.89. The van der Waals surface area contributed by atoms with E-state index in [4.69, 9.17) is 0 Å². The quantitative estimate of drug-likeness (QED) is 0.689. The van der Waals surface area contributed by atoms with Gasteiger partial charge in [-0.05, 0) is 30.5 Å². The van der Waals surface area contributed by atoms with Crippen LogP contribution in [0.4, 0.5) is 0 Å². The van der Waals surface area contributed by atoms with Gasteiger partial charge in [-0.15, -0.1) is 0 Å². The van der Waals surface area contributed by atoms with Crippen LogP contribution in [0, 0.1) is 13.8 Å². The Bertz CT molecular complexity index is 509. The molecule has 2 rings (SSSR count). The first-order chi connectivity index (χ1) is 7.70. The summed E-state index contributed by atoms with van der Waals surface area (Å²) in [6.45, 7) is 4.20. The normalized spacial score (nSPS) is 10.1. The van der Waals surface area contributed by atoms with Gasteiger partial charge in [-0.3, -0.25) is 4.79 Å². The molecule has 0 radical (unpaired) electrons. The summed E-state index contributed by atoms with van der Waals surface area (Å²) >= 11 is 0. The number of aryl methyl sites for hydroxylation is 2. The van der Waals surface area contributed by atoms with Gasteiger partial charge >= 0.3 is 0 Å². The molecule has 0 aromatic heterocycles. The number of benzene rings is 2.